The number of ether oxygens (including phenoxy) is 1. The van der Waals surface area contributed by atoms with Crippen LogP contribution in [-0.4, -0.2) is 11.1 Å². The van der Waals surface area contributed by atoms with Gasteiger partial charge in [0.15, 0.2) is 0 Å². The van der Waals surface area contributed by atoms with E-state index in [0.717, 1.165) is 24.5 Å². The smallest absolute Gasteiger partial charge is 0.120 e. The SMILES string of the molecule is CC(C)Cc1ccc(NC(C)(C)C)cc1.CC(C)Cc1ccc(OC(C)(C)C)cc1. The average Bonchev–Trinajstić information content (AvgIpc) is 2.55. The van der Waals surface area contributed by atoms with Crippen LogP contribution in [0.3, 0.4) is 0 Å². The summed E-state index contributed by atoms with van der Waals surface area (Å²) in [5.74, 6) is 2.39. The second kappa shape index (κ2) is 11.4. The second-order valence-electron chi connectivity index (χ2n) is 11.1. The third kappa shape index (κ3) is 12.6. The highest BCUT2D eigenvalue weighted by Crippen LogP contribution is 2.20. The molecule has 0 unspecified atom stereocenters. The van der Waals surface area contributed by atoms with Crippen LogP contribution in [0.5, 0.6) is 5.75 Å². The van der Waals surface area contributed by atoms with E-state index in [4.69, 9.17) is 4.74 Å². The lowest BCUT2D eigenvalue weighted by Crippen LogP contribution is -2.25. The van der Waals surface area contributed by atoms with Gasteiger partial charge in [0.05, 0.1) is 0 Å². The van der Waals surface area contributed by atoms with Gasteiger partial charge in [0.25, 0.3) is 0 Å². The molecule has 2 aromatic rings. The number of hydrogen-bond acceptors (Lipinski definition) is 2. The second-order valence-corrected chi connectivity index (χ2v) is 11.1. The summed E-state index contributed by atoms with van der Waals surface area (Å²) in [4.78, 5) is 0. The summed E-state index contributed by atoms with van der Waals surface area (Å²) in [6, 6.07) is 17.2. The molecular weight excluding hydrogens is 366 g/mol. The summed E-state index contributed by atoms with van der Waals surface area (Å²) in [6.07, 6.45) is 2.30. The van der Waals surface area contributed by atoms with Crippen molar-refractivity contribution in [2.24, 2.45) is 11.8 Å². The minimum Gasteiger partial charge on any atom is -0.488 e. The molecule has 0 heterocycles. The van der Waals surface area contributed by atoms with Crippen LogP contribution in [0, 0.1) is 11.8 Å². The monoisotopic (exact) mass is 411 g/mol. The molecule has 30 heavy (non-hydrogen) atoms. The third-order valence-electron chi connectivity index (χ3n) is 4.11. The van der Waals surface area contributed by atoms with Gasteiger partial charge in [0.2, 0.25) is 0 Å². The van der Waals surface area contributed by atoms with Crippen LogP contribution in [0.4, 0.5) is 5.69 Å². The van der Waals surface area contributed by atoms with E-state index in [1.54, 1.807) is 0 Å². The minimum atomic E-state index is -0.112. The first-order valence-electron chi connectivity index (χ1n) is 11.4. The summed E-state index contributed by atoms with van der Waals surface area (Å²) >= 11 is 0. The fourth-order valence-corrected chi connectivity index (χ4v) is 3.15. The molecule has 0 aliphatic heterocycles. The van der Waals surface area contributed by atoms with E-state index in [2.05, 4.69) is 123 Å². The lowest BCUT2D eigenvalue weighted by molar-refractivity contribution is 0.131. The highest BCUT2D eigenvalue weighted by Gasteiger charge is 2.11. The van der Waals surface area contributed by atoms with Gasteiger partial charge in [-0.15, -0.1) is 0 Å². The molecule has 0 saturated heterocycles. The van der Waals surface area contributed by atoms with Crippen LogP contribution in [0.2, 0.25) is 0 Å². The van der Waals surface area contributed by atoms with Gasteiger partial charge >= 0.3 is 0 Å². The molecule has 2 rings (SSSR count). The van der Waals surface area contributed by atoms with E-state index < -0.39 is 0 Å². The summed E-state index contributed by atoms with van der Waals surface area (Å²) in [5, 5.41) is 3.46. The van der Waals surface area contributed by atoms with Crippen molar-refractivity contribution in [1.29, 1.82) is 0 Å². The molecule has 0 spiro atoms. The molecular formula is C28H45NO. The lowest BCUT2D eigenvalue weighted by atomic mass is 10.0. The number of anilines is 1. The maximum Gasteiger partial charge on any atom is 0.120 e. The molecule has 168 valence electrons. The predicted molar refractivity (Wildman–Crippen MR) is 134 cm³/mol. The Kier molecular flexibility index (Phi) is 9.94. The first kappa shape index (κ1) is 26.1. The normalized spacial score (nSPS) is 11.9. The quantitative estimate of drug-likeness (QED) is 0.517. The van der Waals surface area contributed by atoms with Gasteiger partial charge in [0, 0.05) is 11.2 Å². The van der Waals surface area contributed by atoms with Crippen LogP contribution < -0.4 is 10.1 Å². The van der Waals surface area contributed by atoms with E-state index in [-0.39, 0.29) is 11.1 Å². The van der Waals surface area contributed by atoms with Crippen LogP contribution in [0.15, 0.2) is 48.5 Å². The van der Waals surface area contributed by atoms with Crippen molar-refractivity contribution >= 4 is 5.69 Å². The zero-order valence-corrected chi connectivity index (χ0v) is 21.1. The topological polar surface area (TPSA) is 21.3 Å². The summed E-state index contributed by atoms with van der Waals surface area (Å²) in [7, 11) is 0. The predicted octanol–water partition coefficient (Wildman–Crippen LogP) is 8.16. The molecule has 0 bridgehead atoms. The Bertz CT molecular complexity index is 648. The highest BCUT2D eigenvalue weighted by molar-refractivity contribution is 5.46. The Balaban J connectivity index is 0.000000300. The minimum absolute atomic E-state index is 0.112. The van der Waals surface area contributed by atoms with Crippen molar-refractivity contribution in [2.45, 2.75) is 93.2 Å². The number of rotatable bonds is 6. The van der Waals surface area contributed by atoms with Crippen LogP contribution in [0.1, 0.15) is 80.4 Å². The van der Waals surface area contributed by atoms with Gasteiger partial charge in [-0.2, -0.15) is 0 Å². The van der Waals surface area contributed by atoms with Crippen LogP contribution in [0.25, 0.3) is 0 Å². The Morgan fingerprint density at radius 1 is 0.667 bits per heavy atom. The molecule has 2 heteroatoms. The Hall–Kier alpha value is -1.96. The summed E-state index contributed by atoms with van der Waals surface area (Å²) < 4.78 is 5.76. The fraction of sp³-hybridized carbons (Fsp3) is 0.571. The van der Waals surface area contributed by atoms with E-state index in [0.29, 0.717) is 5.92 Å². The molecule has 2 aromatic carbocycles. The first-order valence-corrected chi connectivity index (χ1v) is 11.4. The number of benzene rings is 2. The molecule has 0 fully saturated rings. The molecule has 2 nitrogen and oxygen atoms in total. The van der Waals surface area contributed by atoms with Gasteiger partial charge < -0.3 is 10.1 Å². The van der Waals surface area contributed by atoms with Gasteiger partial charge in [0.1, 0.15) is 11.4 Å². The maximum atomic E-state index is 5.76. The largest absolute Gasteiger partial charge is 0.488 e. The Morgan fingerprint density at radius 2 is 1.07 bits per heavy atom. The molecule has 0 saturated carbocycles. The molecule has 0 aliphatic carbocycles. The zero-order valence-electron chi connectivity index (χ0n) is 21.1. The van der Waals surface area contributed by atoms with Crippen molar-refractivity contribution in [3.63, 3.8) is 0 Å². The summed E-state index contributed by atoms with van der Waals surface area (Å²) in [5.41, 5.74) is 4.03. The van der Waals surface area contributed by atoms with Gasteiger partial charge in [-0.25, -0.2) is 0 Å². The molecule has 1 N–H and O–H groups in total. The average molecular weight is 412 g/mol. The van der Waals surface area contributed by atoms with Crippen LogP contribution >= 0.6 is 0 Å². The van der Waals surface area contributed by atoms with Crippen molar-refractivity contribution in [2.75, 3.05) is 5.32 Å². The van der Waals surface area contributed by atoms with Crippen LogP contribution in [-0.2, 0) is 12.8 Å². The van der Waals surface area contributed by atoms with Gasteiger partial charge in [-0.3, -0.25) is 0 Å². The van der Waals surface area contributed by atoms with Crippen molar-refractivity contribution < 1.29 is 4.74 Å². The Morgan fingerprint density at radius 3 is 1.40 bits per heavy atom. The Labute approximate surface area is 186 Å². The highest BCUT2D eigenvalue weighted by atomic mass is 16.5. The standard InChI is InChI=1S/C14H23N.C14H22O/c2*1-11(2)10-12-6-8-13(9-7-12)15-14(3,4)5/h6-9,11,15H,10H2,1-5H3;6-9,11H,10H2,1-5H3. The van der Waals surface area contributed by atoms with Gasteiger partial charge in [-0.05, 0) is 102 Å². The molecule has 0 aliphatic rings. The number of nitrogens with one attached hydrogen (secondary N) is 1. The maximum absolute atomic E-state index is 5.76. The fourth-order valence-electron chi connectivity index (χ4n) is 3.15. The molecule has 0 radical (unpaired) electrons. The first-order chi connectivity index (χ1) is 13.7. The number of hydrogen-bond donors (Lipinski definition) is 1. The van der Waals surface area contributed by atoms with Crippen molar-refractivity contribution in [3.8, 4) is 5.75 Å². The molecule has 0 amide bonds. The van der Waals surface area contributed by atoms with Gasteiger partial charge in [-0.1, -0.05) is 52.0 Å². The third-order valence-corrected chi connectivity index (χ3v) is 4.11. The van der Waals surface area contributed by atoms with E-state index in [1.807, 2.05) is 0 Å². The zero-order chi connectivity index (χ0) is 22.9. The van der Waals surface area contributed by atoms with E-state index in [9.17, 15) is 0 Å². The van der Waals surface area contributed by atoms with E-state index >= 15 is 0 Å². The van der Waals surface area contributed by atoms with Crippen molar-refractivity contribution in [1.82, 2.24) is 0 Å². The summed E-state index contributed by atoms with van der Waals surface area (Å²) in [6.45, 7) is 21.7. The lowest BCUT2D eigenvalue weighted by Gasteiger charge is -2.22. The molecule has 0 atom stereocenters. The van der Waals surface area contributed by atoms with E-state index in [1.165, 1.54) is 16.8 Å². The van der Waals surface area contributed by atoms with Crippen molar-refractivity contribution in [3.05, 3.63) is 59.7 Å². The molecule has 0 aromatic heterocycles.